The molecule has 0 aromatic heterocycles. The van der Waals surface area contributed by atoms with Gasteiger partial charge < -0.3 is 0 Å². The van der Waals surface area contributed by atoms with Crippen LogP contribution in [-0.4, -0.2) is 16.1 Å². The third kappa shape index (κ3) is 3.43. The highest BCUT2D eigenvalue weighted by Crippen LogP contribution is 2.27. The first-order chi connectivity index (χ1) is 8.27. The molecule has 0 aliphatic heterocycles. The number of carbonyl (C=O) groups is 1. The maximum Gasteiger partial charge on any atom is 0.213 e. The molecule has 0 saturated carbocycles. The summed E-state index contributed by atoms with van der Waals surface area (Å²) in [6, 6.07) is 0. The molecule has 0 saturated heterocycles. The zero-order chi connectivity index (χ0) is 12.1. The lowest BCUT2D eigenvalue weighted by molar-refractivity contribution is -0.109. The molecule has 1 atom stereocenters. The van der Waals surface area contributed by atoms with Gasteiger partial charge in [-0.1, -0.05) is 42.1 Å². The third-order valence-electron chi connectivity index (χ3n) is 3.02. The zero-order valence-electron chi connectivity index (χ0n) is 9.82. The van der Waals surface area contributed by atoms with Crippen LogP contribution in [0.25, 0.3) is 0 Å². The Kier molecular flexibility index (Phi) is 4.37. The summed E-state index contributed by atoms with van der Waals surface area (Å²) >= 11 is 1.44. The van der Waals surface area contributed by atoms with Crippen LogP contribution in [0.4, 0.5) is 0 Å². The average Bonchev–Trinajstić information content (AvgIpc) is 2.40. The number of hydrogen-bond donors (Lipinski definition) is 1. The molecule has 0 amide bonds. The van der Waals surface area contributed by atoms with Crippen LogP contribution in [0.2, 0.25) is 0 Å². The Morgan fingerprint density at radius 2 is 2.18 bits per heavy atom. The normalized spacial score (nSPS) is 23.3. The van der Waals surface area contributed by atoms with Gasteiger partial charge in [0, 0.05) is 10.8 Å². The number of hydrogen-bond acceptors (Lipinski definition) is 3. The molecule has 2 aliphatic carbocycles. The molecule has 2 rings (SSSR count). The van der Waals surface area contributed by atoms with E-state index < -0.39 is 0 Å². The van der Waals surface area contributed by atoms with Gasteiger partial charge in [-0.2, -0.15) is 0 Å². The fraction of sp³-hybridized carbons (Fsp3) is 0.429. The molecule has 1 unspecified atom stereocenters. The van der Waals surface area contributed by atoms with E-state index in [-0.39, 0.29) is 10.8 Å². The minimum Gasteiger partial charge on any atom is -0.290 e. The number of Topliss-reactive ketones (excluding diaryl/α,β-unsaturated/α-hetero) is 1. The summed E-state index contributed by atoms with van der Waals surface area (Å²) in [4.78, 5) is 12.0. The van der Waals surface area contributed by atoms with E-state index in [1.165, 1.54) is 11.8 Å². The van der Waals surface area contributed by atoms with Gasteiger partial charge in [0.05, 0.1) is 0 Å². The molecular weight excluding hydrogens is 230 g/mol. The minimum atomic E-state index is -0.0751. The summed E-state index contributed by atoms with van der Waals surface area (Å²) in [6.45, 7) is 0. The number of ketones is 1. The van der Waals surface area contributed by atoms with Gasteiger partial charge in [-0.25, -0.2) is 0 Å². The molecule has 0 radical (unpaired) electrons. The van der Waals surface area contributed by atoms with Crippen molar-refractivity contribution in [2.75, 3.05) is 0 Å². The molecule has 0 spiro atoms. The number of carbonyl (C=O) groups excluding carboxylic acids is 1. The SMILES string of the molecule is N=C(SC1CC=CCC1)C(=O)C1=CC=CCC1. The highest BCUT2D eigenvalue weighted by atomic mass is 32.2. The van der Waals surface area contributed by atoms with Crippen LogP contribution >= 0.6 is 11.8 Å². The van der Waals surface area contributed by atoms with E-state index in [0.717, 1.165) is 37.7 Å². The van der Waals surface area contributed by atoms with Crippen molar-refractivity contribution in [1.82, 2.24) is 0 Å². The van der Waals surface area contributed by atoms with Crippen LogP contribution in [-0.2, 0) is 4.79 Å². The van der Waals surface area contributed by atoms with Crippen molar-refractivity contribution in [3.8, 4) is 0 Å². The fourth-order valence-electron chi connectivity index (χ4n) is 2.03. The van der Waals surface area contributed by atoms with Crippen molar-refractivity contribution in [3.05, 3.63) is 36.0 Å². The molecule has 0 aromatic rings. The van der Waals surface area contributed by atoms with Crippen LogP contribution in [0.5, 0.6) is 0 Å². The number of nitrogens with one attached hydrogen (secondary N) is 1. The Hall–Kier alpha value is -1.09. The zero-order valence-corrected chi connectivity index (χ0v) is 10.6. The standard InChI is InChI=1S/C14H17NOS/c15-14(17-12-9-5-2-6-10-12)13(16)11-7-3-1-4-8-11/h1-3,5,7,12,15H,4,6,8-10H2. The van der Waals surface area contributed by atoms with Crippen LogP contribution < -0.4 is 0 Å². The van der Waals surface area contributed by atoms with Crippen molar-refractivity contribution in [3.63, 3.8) is 0 Å². The lowest BCUT2D eigenvalue weighted by atomic mass is 10.0. The van der Waals surface area contributed by atoms with Crippen LogP contribution in [0, 0.1) is 5.41 Å². The van der Waals surface area contributed by atoms with Gasteiger partial charge in [0.25, 0.3) is 0 Å². The first kappa shape index (κ1) is 12.4. The highest BCUT2D eigenvalue weighted by Gasteiger charge is 2.20. The van der Waals surface area contributed by atoms with Gasteiger partial charge in [0.15, 0.2) is 0 Å². The summed E-state index contributed by atoms with van der Waals surface area (Å²) in [5.41, 5.74) is 0.788. The first-order valence-corrected chi connectivity index (χ1v) is 6.96. The quantitative estimate of drug-likeness (QED) is 0.470. The van der Waals surface area contributed by atoms with Crippen molar-refractivity contribution in [2.45, 2.75) is 37.4 Å². The van der Waals surface area contributed by atoms with Gasteiger partial charge in [0.1, 0.15) is 5.04 Å². The van der Waals surface area contributed by atoms with Gasteiger partial charge in [0.2, 0.25) is 5.78 Å². The predicted octanol–water partition coefficient (Wildman–Crippen LogP) is 3.65. The van der Waals surface area contributed by atoms with Gasteiger partial charge >= 0.3 is 0 Å². The van der Waals surface area contributed by atoms with Crippen LogP contribution in [0.3, 0.4) is 0 Å². The van der Waals surface area contributed by atoms with E-state index in [4.69, 9.17) is 5.41 Å². The molecule has 1 N–H and O–H groups in total. The monoisotopic (exact) mass is 247 g/mol. The summed E-state index contributed by atoms with van der Waals surface area (Å²) in [5, 5.41) is 8.52. The third-order valence-corrected chi connectivity index (χ3v) is 4.20. The number of allylic oxidation sites excluding steroid dienone is 6. The Labute approximate surface area is 106 Å². The van der Waals surface area contributed by atoms with Crippen molar-refractivity contribution in [2.24, 2.45) is 0 Å². The lowest BCUT2D eigenvalue weighted by Gasteiger charge is -2.17. The van der Waals surface area contributed by atoms with E-state index in [1.807, 2.05) is 12.2 Å². The molecule has 0 aromatic carbocycles. The van der Waals surface area contributed by atoms with E-state index in [2.05, 4.69) is 18.2 Å². The molecule has 90 valence electrons. The summed E-state index contributed by atoms with van der Waals surface area (Å²) in [5.74, 6) is -0.0751. The van der Waals surface area contributed by atoms with E-state index in [0.29, 0.717) is 5.25 Å². The molecule has 3 heteroatoms. The topological polar surface area (TPSA) is 40.9 Å². The molecule has 0 bridgehead atoms. The van der Waals surface area contributed by atoms with Crippen LogP contribution in [0.15, 0.2) is 36.0 Å². The molecule has 17 heavy (non-hydrogen) atoms. The lowest BCUT2D eigenvalue weighted by Crippen LogP contribution is -2.17. The van der Waals surface area contributed by atoms with Crippen LogP contribution in [0.1, 0.15) is 32.1 Å². The average molecular weight is 247 g/mol. The van der Waals surface area contributed by atoms with Crippen molar-refractivity contribution >= 4 is 22.6 Å². The van der Waals surface area contributed by atoms with Gasteiger partial charge in [-0.3, -0.25) is 10.2 Å². The Morgan fingerprint density at radius 3 is 2.82 bits per heavy atom. The Morgan fingerprint density at radius 1 is 1.29 bits per heavy atom. The predicted molar refractivity (Wildman–Crippen MR) is 73.6 cm³/mol. The van der Waals surface area contributed by atoms with E-state index in [1.54, 1.807) is 0 Å². The minimum absolute atomic E-state index is 0.0751. The summed E-state index contributed by atoms with van der Waals surface area (Å²) < 4.78 is 0. The van der Waals surface area contributed by atoms with E-state index >= 15 is 0 Å². The van der Waals surface area contributed by atoms with E-state index in [9.17, 15) is 4.79 Å². The maximum absolute atomic E-state index is 12.0. The Balaban J connectivity index is 1.91. The fourth-order valence-corrected chi connectivity index (χ4v) is 3.06. The number of rotatable bonds is 3. The van der Waals surface area contributed by atoms with Crippen molar-refractivity contribution in [1.29, 1.82) is 5.41 Å². The second-order valence-electron chi connectivity index (χ2n) is 4.34. The molecular formula is C14H17NOS. The number of thioether (sulfide) groups is 1. The molecule has 2 aliphatic rings. The molecule has 0 heterocycles. The maximum atomic E-state index is 12.0. The van der Waals surface area contributed by atoms with Crippen molar-refractivity contribution < 1.29 is 4.79 Å². The molecule has 0 fully saturated rings. The second kappa shape index (κ2) is 6.01. The Bertz CT molecular complexity index is 406. The van der Waals surface area contributed by atoms with Gasteiger partial charge in [-0.15, -0.1) is 0 Å². The molecule has 2 nitrogen and oxygen atoms in total. The summed E-state index contributed by atoms with van der Waals surface area (Å²) in [6.07, 6.45) is 15.0. The van der Waals surface area contributed by atoms with Gasteiger partial charge in [-0.05, 0) is 32.1 Å². The smallest absolute Gasteiger partial charge is 0.213 e. The summed E-state index contributed by atoms with van der Waals surface area (Å²) in [7, 11) is 0. The first-order valence-electron chi connectivity index (χ1n) is 6.08. The highest BCUT2D eigenvalue weighted by molar-refractivity contribution is 8.16. The largest absolute Gasteiger partial charge is 0.290 e. The second-order valence-corrected chi connectivity index (χ2v) is 5.65.